The Balaban J connectivity index is 2.58. The van der Waals surface area contributed by atoms with Gasteiger partial charge in [-0.05, 0) is 6.07 Å². The summed E-state index contributed by atoms with van der Waals surface area (Å²) in [6.45, 7) is 5.26. The highest BCUT2D eigenvalue weighted by molar-refractivity contribution is 5.94. The zero-order valence-corrected chi connectivity index (χ0v) is 9.90. The van der Waals surface area contributed by atoms with Gasteiger partial charge in [0.1, 0.15) is 0 Å². The number of ether oxygens (including phenoxy) is 1. The smallest absolute Gasteiger partial charge is 0.253 e. The largest absolute Gasteiger partial charge is 0.383 e. The number of anilines is 1. The highest BCUT2D eigenvalue weighted by Crippen LogP contribution is 2.07. The molecule has 0 aliphatic heterocycles. The number of nitrogens with zero attached hydrogens (tertiary/aromatic N) is 1. The van der Waals surface area contributed by atoms with E-state index in [1.165, 1.54) is 6.20 Å². The van der Waals surface area contributed by atoms with Crippen LogP contribution in [0.15, 0.2) is 31.1 Å². The maximum atomic E-state index is 11.6. The summed E-state index contributed by atoms with van der Waals surface area (Å²) in [6, 6.07) is 1.75. The van der Waals surface area contributed by atoms with Gasteiger partial charge in [0.15, 0.2) is 0 Å². The van der Waals surface area contributed by atoms with Crippen LogP contribution >= 0.6 is 0 Å². The Morgan fingerprint density at radius 3 is 3.12 bits per heavy atom. The fraction of sp³-hybridized carbons (Fsp3) is 0.333. The SMILES string of the molecule is C=CCNC(=O)c1cncc(NCCOC)c1. The second-order valence-electron chi connectivity index (χ2n) is 3.38. The third-order valence-electron chi connectivity index (χ3n) is 2.04. The van der Waals surface area contributed by atoms with Gasteiger partial charge in [0.2, 0.25) is 0 Å². The van der Waals surface area contributed by atoms with Gasteiger partial charge < -0.3 is 15.4 Å². The van der Waals surface area contributed by atoms with Crippen LogP contribution in [0.3, 0.4) is 0 Å². The first-order valence-electron chi connectivity index (χ1n) is 5.35. The second-order valence-corrected chi connectivity index (χ2v) is 3.38. The zero-order chi connectivity index (χ0) is 12.5. The summed E-state index contributed by atoms with van der Waals surface area (Å²) in [7, 11) is 1.64. The van der Waals surface area contributed by atoms with Crippen molar-refractivity contribution >= 4 is 11.6 Å². The fourth-order valence-corrected chi connectivity index (χ4v) is 1.23. The Hall–Kier alpha value is -1.88. The summed E-state index contributed by atoms with van der Waals surface area (Å²) in [5.74, 6) is -0.159. The number of pyridine rings is 1. The van der Waals surface area contributed by atoms with Crippen LogP contribution in [0.1, 0.15) is 10.4 Å². The number of rotatable bonds is 7. The van der Waals surface area contributed by atoms with Crippen LogP contribution in [0.25, 0.3) is 0 Å². The summed E-state index contributed by atoms with van der Waals surface area (Å²) < 4.78 is 4.92. The summed E-state index contributed by atoms with van der Waals surface area (Å²) in [5.41, 5.74) is 1.32. The lowest BCUT2D eigenvalue weighted by atomic mass is 10.2. The molecule has 0 radical (unpaired) electrons. The second kappa shape index (κ2) is 7.40. The van der Waals surface area contributed by atoms with Gasteiger partial charge in [-0.3, -0.25) is 9.78 Å². The fourth-order valence-electron chi connectivity index (χ4n) is 1.23. The Morgan fingerprint density at radius 1 is 1.59 bits per heavy atom. The number of carbonyl (C=O) groups excluding carboxylic acids is 1. The number of hydrogen-bond donors (Lipinski definition) is 2. The van der Waals surface area contributed by atoms with Crippen molar-refractivity contribution in [3.63, 3.8) is 0 Å². The number of methoxy groups -OCH3 is 1. The van der Waals surface area contributed by atoms with Crippen LogP contribution in [0.4, 0.5) is 5.69 Å². The van der Waals surface area contributed by atoms with Crippen molar-refractivity contribution in [1.82, 2.24) is 10.3 Å². The van der Waals surface area contributed by atoms with E-state index in [0.717, 1.165) is 5.69 Å². The summed E-state index contributed by atoms with van der Waals surface area (Å²) in [4.78, 5) is 15.6. The van der Waals surface area contributed by atoms with E-state index in [1.54, 1.807) is 25.4 Å². The van der Waals surface area contributed by atoms with Gasteiger partial charge >= 0.3 is 0 Å². The van der Waals surface area contributed by atoms with Crippen LogP contribution in [0, 0.1) is 0 Å². The van der Waals surface area contributed by atoms with E-state index in [9.17, 15) is 4.79 Å². The summed E-state index contributed by atoms with van der Waals surface area (Å²) in [5, 5.41) is 5.80. The first kappa shape index (κ1) is 13.2. The molecule has 1 heterocycles. The molecule has 1 aromatic rings. The van der Waals surface area contributed by atoms with Gasteiger partial charge in [0, 0.05) is 32.6 Å². The van der Waals surface area contributed by atoms with Crippen molar-refractivity contribution in [1.29, 1.82) is 0 Å². The number of carbonyl (C=O) groups is 1. The molecule has 92 valence electrons. The molecule has 17 heavy (non-hydrogen) atoms. The predicted molar refractivity (Wildman–Crippen MR) is 67.1 cm³/mol. The number of hydrogen-bond acceptors (Lipinski definition) is 4. The van der Waals surface area contributed by atoms with E-state index in [1.807, 2.05) is 0 Å². The third kappa shape index (κ3) is 4.65. The molecule has 1 rings (SSSR count). The quantitative estimate of drug-likeness (QED) is 0.548. The lowest BCUT2D eigenvalue weighted by molar-refractivity contribution is 0.0957. The summed E-state index contributed by atoms with van der Waals surface area (Å²) >= 11 is 0. The van der Waals surface area contributed by atoms with Crippen LogP contribution in [0.5, 0.6) is 0 Å². The third-order valence-corrected chi connectivity index (χ3v) is 2.04. The highest BCUT2D eigenvalue weighted by atomic mass is 16.5. The van der Waals surface area contributed by atoms with Gasteiger partial charge in [-0.15, -0.1) is 6.58 Å². The number of amides is 1. The predicted octanol–water partition coefficient (Wildman–Crippen LogP) is 1.06. The van der Waals surface area contributed by atoms with Crippen molar-refractivity contribution < 1.29 is 9.53 Å². The van der Waals surface area contributed by atoms with Crippen LogP contribution in [0.2, 0.25) is 0 Å². The Morgan fingerprint density at radius 2 is 2.41 bits per heavy atom. The van der Waals surface area contributed by atoms with Crippen molar-refractivity contribution in [3.8, 4) is 0 Å². The molecule has 0 saturated heterocycles. The van der Waals surface area contributed by atoms with Crippen LogP contribution in [-0.2, 0) is 4.74 Å². The highest BCUT2D eigenvalue weighted by Gasteiger charge is 2.05. The molecule has 0 atom stereocenters. The molecule has 0 unspecified atom stereocenters. The monoisotopic (exact) mass is 235 g/mol. The molecule has 0 aromatic carbocycles. The molecule has 0 aliphatic carbocycles. The molecular formula is C12H17N3O2. The average Bonchev–Trinajstić information content (AvgIpc) is 2.36. The maximum absolute atomic E-state index is 11.6. The Labute approximate surface area is 101 Å². The topological polar surface area (TPSA) is 63.2 Å². The summed E-state index contributed by atoms with van der Waals surface area (Å²) in [6.07, 6.45) is 4.83. The lowest BCUT2D eigenvalue weighted by Gasteiger charge is -2.07. The molecule has 0 saturated carbocycles. The lowest BCUT2D eigenvalue weighted by Crippen LogP contribution is -2.23. The minimum absolute atomic E-state index is 0.159. The first-order chi connectivity index (χ1) is 8.27. The van der Waals surface area contributed by atoms with Crippen molar-refractivity contribution in [2.75, 3.05) is 32.1 Å². The van der Waals surface area contributed by atoms with Gasteiger partial charge in [-0.2, -0.15) is 0 Å². The molecule has 0 aliphatic rings. The van der Waals surface area contributed by atoms with E-state index >= 15 is 0 Å². The van der Waals surface area contributed by atoms with E-state index in [4.69, 9.17) is 4.74 Å². The van der Waals surface area contributed by atoms with Crippen molar-refractivity contribution in [2.45, 2.75) is 0 Å². The van der Waals surface area contributed by atoms with Gasteiger partial charge in [0.05, 0.1) is 17.9 Å². The molecule has 2 N–H and O–H groups in total. The molecule has 5 nitrogen and oxygen atoms in total. The van der Waals surface area contributed by atoms with E-state index in [-0.39, 0.29) is 5.91 Å². The van der Waals surface area contributed by atoms with E-state index in [2.05, 4.69) is 22.2 Å². The number of nitrogens with one attached hydrogen (secondary N) is 2. The Bertz CT molecular complexity index is 380. The average molecular weight is 235 g/mol. The molecule has 1 aromatic heterocycles. The van der Waals surface area contributed by atoms with E-state index in [0.29, 0.717) is 25.3 Å². The van der Waals surface area contributed by atoms with Gasteiger partial charge in [-0.1, -0.05) is 6.08 Å². The van der Waals surface area contributed by atoms with Gasteiger partial charge in [0.25, 0.3) is 5.91 Å². The minimum atomic E-state index is -0.159. The molecule has 0 spiro atoms. The number of aromatic nitrogens is 1. The Kier molecular flexibility index (Phi) is 5.74. The van der Waals surface area contributed by atoms with Gasteiger partial charge in [-0.25, -0.2) is 0 Å². The standard InChI is InChI=1S/C12H17N3O2/c1-3-4-15-12(16)10-7-11(9-13-8-10)14-5-6-17-2/h3,7-9,14H,1,4-6H2,2H3,(H,15,16). The first-order valence-corrected chi connectivity index (χ1v) is 5.35. The molecule has 0 fully saturated rings. The maximum Gasteiger partial charge on any atom is 0.253 e. The van der Waals surface area contributed by atoms with Crippen molar-refractivity contribution in [2.24, 2.45) is 0 Å². The van der Waals surface area contributed by atoms with E-state index < -0.39 is 0 Å². The molecular weight excluding hydrogens is 218 g/mol. The molecule has 0 bridgehead atoms. The zero-order valence-electron chi connectivity index (χ0n) is 9.90. The molecule has 5 heteroatoms. The van der Waals surface area contributed by atoms with Crippen LogP contribution in [-0.4, -0.2) is 37.7 Å². The normalized spacial score (nSPS) is 9.71. The minimum Gasteiger partial charge on any atom is -0.383 e. The van der Waals surface area contributed by atoms with Crippen LogP contribution < -0.4 is 10.6 Å². The van der Waals surface area contributed by atoms with Crippen molar-refractivity contribution in [3.05, 3.63) is 36.7 Å². The molecule has 1 amide bonds.